The molecule has 0 heterocycles. The molecule has 3 rings (SSSR count). The van der Waals surface area contributed by atoms with Crippen molar-refractivity contribution in [2.75, 3.05) is 31.3 Å². The quantitative estimate of drug-likeness (QED) is 0.0357. The summed E-state index contributed by atoms with van der Waals surface area (Å²) in [4.78, 5) is 36.7. The molecule has 0 aliphatic carbocycles. The second-order valence-corrected chi connectivity index (χ2v) is 11.7. The lowest BCUT2D eigenvalue weighted by atomic mass is 10.1. The Kier molecular flexibility index (Phi) is 17.2. The number of anilines is 2. The molecule has 9 heteroatoms. The van der Waals surface area contributed by atoms with E-state index in [4.69, 9.17) is 30.4 Å². The van der Waals surface area contributed by atoms with Crippen LogP contribution in [0.5, 0.6) is 11.5 Å². The van der Waals surface area contributed by atoms with Gasteiger partial charge in [0, 0.05) is 17.5 Å². The van der Waals surface area contributed by atoms with Gasteiger partial charge in [0.25, 0.3) is 0 Å². The van der Waals surface area contributed by atoms with Crippen molar-refractivity contribution in [3.8, 4) is 11.5 Å². The van der Waals surface area contributed by atoms with Crippen molar-refractivity contribution < 1.29 is 33.3 Å². The molecule has 3 aromatic rings. The summed E-state index contributed by atoms with van der Waals surface area (Å²) < 4.78 is 21.8. The third kappa shape index (κ3) is 15.2. The summed E-state index contributed by atoms with van der Waals surface area (Å²) in [6.45, 7) is 3.59. The first-order valence-electron chi connectivity index (χ1n) is 17.1. The average Bonchev–Trinajstić information content (AvgIpc) is 3.08. The standard InChI is InChI=1S/C39H50N2O7/c1-2-3-11-24-45-35-19-21-36(22-20-35)48-37(42)23-16-30-14-17-31(18-15-30)38(43)46-25-12-9-7-5-4-6-8-10-13-26-47-39(44)32-27-33(40)29-34(41)28-32/h14-23,27-29H,2-13,24-26,40-41H2,1H3/b23-16+. The molecule has 0 aliphatic heterocycles. The Labute approximate surface area is 284 Å². The van der Waals surface area contributed by atoms with Crippen molar-refractivity contribution in [3.63, 3.8) is 0 Å². The highest BCUT2D eigenvalue weighted by Gasteiger charge is 2.09. The second kappa shape index (κ2) is 21.9. The normalized spacial score (nSPS) is 10.9. The molecule has 3 aromatic carbocycles. The van der Waals surface area contributed by atoms with E-state index in [0.29, 0.717) is 48.1 Å². The van der Waals surface area contributed by atoms with Gasteiger partial charge in [-0.15, -0.1) is 0 Å². The van der Waals surface area contributed by atoms with Gasteiger partial charge >= 0.3 is 17.9 Å². The van der Waals surface area contributed by atoms with Gasteiger partial charge in [0.1, 0.15) is 11.5 Å². The molecule has 0 amide bonds. The fourth-order valence-electron chi connectivity index (χ4n) is 4.92. The van der Waals surface area contributed by atoms with Gasteiger partial charge < -0.3 is 30.4 Å². The van der Waals surface area contributed by atoms with Crippen LogP contribution in [0.4, 0.5) is 11.4 Å². The molecule has 9 nitrogen and oxygen atoms in total. The zero-order valence-corrected chi connectivity index (χ0v) is 28.1. The van der Waals surface area contributed by atoms with Crippen LogP contribution >= 0.6 is 0 Å². The van der Waals surface area contributed by atoms with Crippen LogP contribution in [-0.4, -0.2) is 37.7 Å². The van der Waals surface area contributed by atoms with Crippen LogP contribution in [0, 0.1) is 0 Å². The maximum absolute atomic E-state index is 12.4. The summed E-state index contributed by atoms with van der Waals surface area (Å²) >= 11 is 0. The maximum Gasteiger partial charge on any atom is 0.338 e. The third-order valence-corrected chi connectivity index (χ3v) is 7.59. The molecule has 4 N–H and O–H groups in total. The maximum atomic E-state index is 12.4. The van der Waals surface area contributed by atoms with Crippen molar-refractivity contribution in [1.29, 1.82) is 0 Å². The van der Waals surface area contributed by atoms with Crippen LogP contribution in [0.25, 0.3) is 6.08 Å². The van der Waals surface area contributed by atoms with Gasteiger partial charge in [-0.05, 0) is 85.5 Å². The molecular weight excluding hydrogens is 608 g/mol. The highest BCUT2D eigenvalue weighted by Crippen LogP contribution is 2.19. The number of nitrogen functional groups attached to an aromatic ring is 2. The summed E-state index contributed by atoms with van der Waals surface area (Å²) in [5, 5.41) is 0. The van der Waals surface area contributed by atoms with E-state index in [1.54, 1.807) is 72.8 Å². The first-order chi connectivity index (χ1) is 23.3. The smallest absolute Gasteiger partial charge is 0.338 e. The van der Waals surface area contributed by atoms with Crippen molar-refractivity contribution in [2.24, 2.45) is 0 Å². The Morgan fingerprint density at radius 1 is 0.583 bits per heavy atom. The molecular formula is C39H50N2O7. The Morgan fingerprint density at radius 2 is 1.08 bits per heavy atom. The van der Waals surface area contributed by atoms with E-state index in [1.807, 2.05) is 0 Å². The molecule has 258 valence electrons. The van der Waals surface area contributed by atoms with E-state index in [2.05, 4.69) is 6.92 Å². The summed E-state index contributed by atoms with van der Waals surface area (Å²) in [6, 6.07) is 18.6. The zero-order valence-electron chi connectivity index (χ0n) is 28.1. The molecule has 0 saturated carbocycles. The lowest BCUT2D eigenvalue weighted by molar-refractivity contribution is -0.128. The Bertz CT molecular complexity index is 1420. The number of hydrogen-bond donors (Lipinski definition) is 2. The van der Waals surface area contributed by atoms with Crippen LogP contribution in [0.15, 0.2) is 72.8 Å². The lowest BCUT2D eigenvalue weighted by Gasteiger charge is -2.07. The predicted molar refractivity (Wildman–Crippen MR) is 190 cm³/mol. The molecule has 0 aromatic heterocycles. The van der Waals surface area contributed by atoms with E-state index >= 15 is 0 Å². The van der Waals surface area contributed by atoms with E-state index in [-0.39, 0.29) is 5.97 Å². The van der Waals surface area contributed by atoms with E-state index < -0.39 is 11.9 Å². The predicted octanol–water partition coefficient (Wildman–Crippen LogP) is 8.56. The van der Waals surface area contributed by atoms with E-state index in [9.17, 15) is 14.4 Å². The number of rotatable bonds is 22. The first kappa shape index (κ1) is 37.7. The number of esters is 3. The van der Waals surface area contributed by atoms with Crippen LogP contribution in [0.3, 0.4) is 0 Å². The van der Waals surface area contributed by atoms with Crippen LogP contribution in [0.2, 0.25) is 0 Å². The van der Waals surface area contributed by atoms with Crippen molar-refractivity contribution >= 4 is 35.4 Å². The summed E-state index contributed by atoms with van der Waals surface area (Å²) in [6.07, 6.45) is 15.6. The van der Waals surface area contributed by atoms with Gasteiger partial charge in [0.2, 0.25) is 0 Å². The number of carbonyl (C=O) groups is 3. The molecule has 0 radical (unpaired) electrons. The number of ether oxygens (including phenoxy) is 4. The number of unbranched alkanes of at least 4 members (excludes halogenated alkanes) is 10. The molecule has 0 saturated heterocycles. The summed E-state index contributed by atoms with van der Waals surface area (Å²) in [7, 11) is 0. The number of hydrogen-bond acceptors (Lipinski definition) is 9. The highest BCUT2D eigenvalue weighted by molar-refractivity contribution is 5.92. The number of nitrogens with two attached hydrogens (primary N) is 2. The molecule has 0 spiro atoms. The number of benzene rings is 3. The Morgan fingerprint density at radius 3 is 1.65 bits per heavy atom. The molecule has 0 fully saturated rings. The van der Waals surface area contributed by atoms with Crippen LogP contribution in [-0.2, 0) is 14.3 Å². The second-order valence-electron chi connectivity index (χ2n) is 11.7. The van der Waals surface area contributed by atoms with Gasteiger partial charge in [-0.1, -0.05) is 76.8 Å². The fourth-order valence-corrected chi connectivity index (χ4v) is 4.92. The van der Waals surface area contributed by atoms with Gasteiger partial charge in [-0.3, -0.25) is 0 Å². The van der Waals surface area contributed by atoms with E-state index in [0.717, 1.165) is 88.4 Å². The van der Waals surface area contributed by atoms with E-state index in [1.165, 1.54) is 6.08 Å². The van der Waals surface area contributed by atoms with Crippen molar-refractivity contribution in [2.45, 2.75) is 84.0 Å². The average molecular weight is 659 g/mol. The van der Waals surface area contributed by atoms with Gasteiger partial charge in [-0.2, -0.15) is 0 Å². The van der Waals surface area contributed by atoms with Gasteiger partial charge in [-0.25, -0.2) is 14.4 Å². The zero-order chi connectivity index (χ0) is 34.4. The topological polar surface area (TPSA) is 140 Å². The molecule has 0 atom stereocenters. The van der Waals surface area contributed by atoms with Crippen LogP contribution < -0.4 is 20.9 Å². The SMILES string of the molecule is CCCCCOc1ccc(OC(=O)/C=C/c2ccc(C(=O)OCCCCCCCCCCCOC(=O)c3cc(N)cc(N)c3)cc2)cc1. The lowest BCUT2D eigenvalue weighted by Crippen LogP contribution is -2.07. The summed E-state index contributed by atoms with van der Waals surface area (Å²) in [5.41, 5.74) is 14.0. The highest BCUT2D eigenvalue weighted by atomic mass is 16.5. The van der Waals surface area contributed by atoms with Crippen LogP contribution in [0.1, 0.15) is 110 Å². The van der Waals surface area contributed by atoms with Crippen molar-refractivity contribution in [3.05, 3.63) is 89.5 Å². The molecule has 48 heavy (non-hydrogen) atoms. The third-order valence-electron chi connectivity index (χ3n) is 7.59. The molecule has 0 aliphatic rings. The minimum absolute atomic E-state index is 0.356. The number of carbonyl (C=O) groups excluding carboxylic acids is 3. The van der Waals surface area contributed by atoms with Gasteiger partial charge in [0.15, 0.2) is 0 Å². The Balaban J connectivity index is 1.18. The minimum Gasteiger partial charge on any atom is -0.494 e. The first-order valence-corrected chi connectivity index (χ1v) is 17.1. The largest absolute Gasteiger partial charge is 0.494 e. The molecule has 0 bridgehead atoms. The van der Waals surface area contributed by atoms with Crippen molar-refractivity contribution in [1.82, 2.24) is 0 Å². The summed E-state index contributed by atoms with van der Waals surface area (Å²) in [5.74, 6) is -0.0600. The fraction of sp³-hybridized carbons (Fsp3) is 0.410. The minimum atomic E-state index is -0.493. The molecule has 0 unspecified atom stereocenters. The van der Waals surface area contributed by atoms with Gasteiger partial charge in [0.05, 0.1) is 30.9 Å². The monoisotopic (exact) mass is 658 g/mol. The Hall–Kier alpha value is -4.79.